The van der Waals surface area contributed by atoms with Crippen LogP contribution in [0.4, 0.5) is 0 Å². The van der Waals surface area contributed by atoms with Gasteiger partial charge in [0.1, 0.15) is 0 Å². The van der Waals surface area contributed by atoms with Crippen LogP contribution in [0.1, 0.15) is 67.2 Å². The fourth-order valence-electron chi connectivity index (χ4n) is 2.28. The highest BCUT2D eigenvalue weighted by atomic mass is 16.7. The molecule has 0 saturated carbocycles. The van der Waals surface area contributed by atoms with Gasteiger partial charge in [0.05, 0.1) is 11.2 Å². The van der Waals surface area contributed by atoms with E-state index in [4.69, 9.17) is 9.31 Å². The maximum atomic E-state index is 6.02. The zero-order chi connectivity index (χ0) is 14.5. The van der Waals surface area contributed by atoms with Crippen LogP contribution in [-0.2, 0) is 9.31 Å². The van der Waals surface area contributed by atoms with Crippen LogP contribution in [0.2, 0.25) is 6.32 Å². The van der Waals surface area contributed by atoms with Crippen molar-refractivity contribution < 1.29 is 9.31 Å². The van der Waals surface area contributed by atoms with Gasteiger partial charge in [0.15, 0.2) is 0 Å². The molecule has 0 amide bonds. The summed E-state index contributed by atoms with van der Waals surface area (Å²) in [4.78, 5) is 0. The van der Waals surface area contributed by atoms with Crippen LogP contribution in [0.25, 0.3) is 0 Å². The van der Waals surface area contributed by atoms with E-state index in [1.165, 1.54) is 25.7 Å². The van der Waals surface area contributed by atoms with Crippen molar-refractivity contribution >= 4 is 7.12 Å². The molecule has 19 heavy (non-hydrogen) atoms. The first-order valence-electron chi connectivity index (χ1n) is 7.81. The standard InChI is InChI=1S/C16H31BO2/c1-7-8-9-10-11-12-14(2)13-17-18-15(3,4)16(5,6)19-17/h11-12,14H,7-10,13H2,1-6H3/b12-11+/t14-/m0/s1. The van der Waals surface area contributed by atoms with Crippen molar-refractivity contribution in [3.05, 3.63) is 12.2 Å². The second-order valence-electron chi connectivity index (χ2n) is 6.82. The van der Waals surface area contributed by atoms with Gasteiger partial charge in [0.2, 0.25) is 0 Å². The van der Waals surface area contributed by atoms with Crippen LogP contribution in [0.15, 0.2) is 12.2 Å². The molecule has 0 radical (unpaired) electrons. The molecule has 0 aromatic carbocycles. The first-order chi connectivity index (χ1) is 8.78. The highest BCUT2D eigenvalue weighted by Gasteiger charge is 2.50. The Balaban J connectivity index is 2.32. The minimum Gasteiger partial charge on any atom is -0.403 e. The average Bonchev–Trinajstić information content (AvgIpc) is 2.46. The Kier molecular flexibility index (Phi) is 6.13. The summed E-state index contributed by atoms with van der Waals surface area (Å²) in [5.41, 5.74) is -0.412. The van der Waals surface area contributed by atoms with Gasteiger partial charge in [0.25, 0.3) is 0 Å². The lowest BCUT2D eigenvalue weighted by Crippen LogP contribution is -2.41. The van der Waals surface area contributed by atoms with Crippen molar-refractivity contribution in [3.63, 3.8) is 0 Å². The normalized spacial score (nSPS) is 23.2. The van der Waals surface area contributed by atoms with Crippen LogP contribution < -0.4 is 0 Å². The SMILES string of the molecule is CCCCC/C=C/[C@H](C)CB1OC(C)(C)C(C)(C)O1. The Hall–Kier alpha value is -0.275. The van der Waals surface area contributed by atoms with Crippen molar-refractivity contribution in [2.24, 2.45) is 5.92 Å². The van der Waals surface area contributed by atoms with Crippen LogP contribution in [-0.4, -0.2) is 18.3 Å². The minimum absolute atomic E-state index is 0.0692. The van der Waals surface area contributed by atoms with Gasteiger partial charge < -0.3 is 9.31 Å². The van der Waals surface area contributed by atoms with Gasteiger partial charge >= 0.3 is 7.12 Å². The summed E-state index contributed by atoms with van der Waals surface area (Å²) in [6.45, 7) is 12.9. The molecular weight excluding hydrogens is 235 g/mol. The van der Waals surface area contributed by atoms with E-state index in [-0.39, 0.29) is 18.3 Å². The monoisotopic (exact) mass is 266 g/mol. The maximum absolute atomic E-state index is 6.02. The van der Waals surface area contributed by atoms with E-state index < -0.39 is 0 Å². The van der Waals surface area contributed by atoms with E-state index in [1.54, 1.807) is 0 Å². The summed E-state index contributed by atoms with van der Waals surface area (Å²) in [6.07, 6.45) is 10.7. The molecule has 0 spiro atoms. The van der Waals surface area contributed by atoms with Gasteiger partial charge in [-0.3, -0.25) is 0 Å². The zero-order valence-electron chi connectivity index (χ0n) is 13.7. The predicted molar refractivity (Wildman–Crippen MR) is 83.3 cm³/mol. The van der Waals surface area contributed by atoms with Gasteiger partial charge in [-0.1, -0.05) is 38.8 Å². The fraction of sp³-hybridized carbons (Fsp3) is 0.875. The molecule has 0 unspecified atom stereocenters. The van der Waals surface area contributed by atoms with E-state index in [1.807, 2.05) is 0 Å². The topological polar surface area (TPSA) is 18.5 Å². The van der Waals surface area contributed by atoms with Crippen LogP contribution in [0, 0.1) is 5.92 Å². The third kappa shape index (κ3) is 4.96. The molecule has 1 atom stereocenters. The van der Waals surface area contributed by atoms with Gasteiger partial charge in [-0.25, -0.2) is 0 Å². The van der Waals surface area contributed by atoms with Crippen molar-refractivity contribution in [3.8, 4) is 0 Å². The molecule has 0 aliphatic carbocycles. The number of hydrogen-bond acceptors (Lipinski definition) is 2. The lowest BCUT2D eigenvalue weighted by molar-refractivity contribution is 0.00578. The summed E-state index contributed by atoms with van der Waals surface area (Å²) in [5, 5.41) is 0. The van der Waals surface area contributed by atoms with Crippen LogP contribution in [0.5, 0.6) is 0 Å². The maximum Gasteiger partial charge on any atom is 0.458 e. The second kappa shape index (κ2) is 6.94. The van der Waals surface area contributed by atoms with E-state index in [9.17, 15) is 0 Å². The predicted octanol–water partition coefficient (Wildman–Crippen LogP) is 4.85. The van der Waals surface area contributed by atoms with E-state index in [2.05, 4.69) is 53.7 Å². The molecule has 1 saturated heterocycles. The molecule has 3 heteroatoms. The quantitative estimate of drug-likeness (QED) is 0.372. The Bertz CT molecular complexity index is 281. The van der Waals surface area contributed by atoms with Gasteiger partial charge in [0, 0.05) is 0 Å². The molecule has 1 aliphatic heterocycles. The largest absolute Gasteiger partial charge is 0.458 e. The molecule has 2 nitrogen and oxygen atoms in total. The third-order valence-electron chi connectivity index (χ3n) is 4.31. The summed E-state index contributed by atoms with van der Waals surface area (Å²) in [7, 11) is -0.0692. The summed E-state index contributed by atoms with van der Waals surface area (Å²) in [6, 6.07) is 0. The van der Waals surface area contributed by atoms with Crippen LogP contribution in [0.3, 0.4) is 0 Å². The number of allylic oxidation sites excluding steroid dienone is 2. The molecule has 110 valence electrons. The molecule has 0 bridgehead atoms. The Morgan fingerprint density at radius 1 is 1.05 bits per heavy atom. The zero-order valence-corrected chi connectivity index (χ0v) is 13.7. The van der Waals surface area contributed by atoms with Crippen molar-refractivity contribution in [2.45, 2.75) is 84.7 Å². The molecule has 1 fully saturated rings. The molecule has 1 rings (SSSR count). The molecule has 0 aromatic heterocycles. The van der Waals surface area contributed by atoms with Gasteiger partial charge in [-0.05, 0) is 52.8 Å². The lowest BCUT2D eigenvalue weighted by atomic mass is 9.78. The fourth-order valence-corrected chi connectivity index (χ4v) is 2.28. The third-order valence-corrected chi connectivity index (χ3v) is 4.31. The number of unbranched alkanes of at least 4 members (excludes halogenated alkanes) is 3. The molecule has 1 heterocycles. The van der Waals surface area contributed by atoms with E-state index in [0.717, 1.165) is 6.32 Å². The molecule has 0 N–H and O–H groups in total. The summed E-state index contributed by atoms with van der Waals surface area (Å²) in [5.74, 6) is 0.510. The smallest absolute Gasteiger partial charge is 0.403 e. The average molecular weight is 266 g/mol. The molecule has 1 aliphatic rings. The molecular formula is C16H31BO2. The van der Waals surface area contributed by atoms with E-state index >= 15 is 0 Å². The molecule has 0 aromatic rings. The van der Waals surface area contributed by atoms with Gasteiger partial charge in [-0.15, -0.1) is 0 Å². The Labute approximate surface area is 120 Å². The number of hydrogen-bond donors (Lipinski definition) is 0. The van der Waals surface area contributed by atoms with Crippen LogP contribution >= 0.6 is 0 Å². The number of rotatable bonds is 7. The highest BCUT2D eigenvalue weighted by Crippen LogP contribution is 2.38. The van der Waals surface area contributed by atoms with Crippen molar-refractivity contribution in [1.82, 2.24) is 0 Å². The second-order valence-corrected chi connectivity index (χ2v) is 6.82. The van der Waals surface area contributed by atoms with E-state index in [0.29, 0.717) is 5.92 Å². The summed E-state index contributed by atoms with van der Waals surface area (Å²) < 4.78 is 12.0. The lowest BCUT2D eigenvalue weighted by Gasteiger charge is -2.32. The summed E-state index contributed by atoms with van der Waals surface area (Å²) >= 11 is 0. The van der Waals surface area contributed by atoms with Gasteiger partial charge in [-0.2, -0.15) is 0 Å². The Morgan fingerprint density at radius 2 is 1.63 bits per heavy atom. The highest BCUT2D eigenvalue weighted by molar-refractivity contribution is 6.45. The first kappa shape index (κ1) is 16.8. The first-order valence-corrected chi connectivity index (χ1v) is 7.81. The van der Waals surface area contributed by atoms with Crippen molar-refractivity contribution in [1.29, 1.82) is 0 Å². The van der Waals surface area contributed by atoms with Crippen molar-refractivity contribution in [2.75, 3.05) is 0 Å². The minimum atomic E-state index is -0.206. The Morgan fingerprint density at radius 3 is 2.16 bits per heavy atom.